The maximum atomic E-state index is 3.09. The van der Waals surface area contributed by atoms with Crippen LogP contribution in [0.5, 0.6) is 0 Å². The van der Waals surface area contributed by atoms with Gasteiger partial charge in [0.2, 0.25) is 0 Å². The normalized spacial score (nSPS) is 13.2. The van der Waals surface area contributed by atoms with Gasteiger partial charge in [-0.2, -0.15) is 0 Å². The topological polar surface area (TPSA) is 0 Å². The molecule has 0 heterocycles. The minimum absolute atomic E-state index is 0. The first-order chi connectivity index (χ1) is 10.7. The van der Waals surface area contributed by atoms with Crippen LogP contribution in [0.3, 0.4) is 0 Å². The van der Waals surface area contributed by atoms with Crippen LogP contribution in [0.1, 0.15) is 29.5 Å². The molecule has 2 heteroatoms. The van der Waals surface area contributed by atoms with Crippen molar-refractivity contribution < 1.29 is 0 Å². The minimum atomic E-state index is -0.0655. The van der Waals surface area contributed by atoms with E-state index in [1.165, 1.54) is 16.7 Å². The van der Waals surface area contributed by atoms with Crippen LogP contribution in [0.2, 0.25) is 0 Å². The number of hydrogen-bond donors (Lipinski definition) is 0. The zero-order valence-electron chi connectivity index (χ0n) is 13.2. The van der Waals surface area contributed by atoms with Crippen LogP contribution in [0.15, 0.2) is 91.0 Å². The Labute approximate surface area is 158 Å². The molecule has 0 fully saturated rings. The van der Waals surface area contributed by atoms with Crippen molar-refractivity contribution in [3.63, 3.8) is 0 Å². The fraction of sp³-hybridized carbons (Fsp3) is 0.143. The summed E-state index contributed by atoms with van der Waals surface area (Å²) in [5.41, 5.74) is 4.02. The molecule has 3 aromatic rings. The summed E-state index contributed by atoms with van der Waals surface area (Å²) in [6, 6.07) is 32.3. The molecule has 0 spiro atoms. The van der Waals surface area contributed by atoms with E-state index < -0.39 is 0 Å². The molecular formula is C21H22IP. The summed E-state index contributed by atoms with van der Waals surface area (Å²) in [6.07, 6.45) is 0. The summed E-state index contributed by atoms with van der Waals surface area (Å²) in [6.45, 7) is 2.30. The van der Waals surface area contributed by atoms with E-state index in [0.717, 1.165) is 0 Å². The molecule has 0 aliphatic heterocycles. The van der Waals surface area contributed by atoms with Gasteiger partial charge in [-0.3, -0.25) is 0 Å². The molecule has 3 aromatic carbocycles. The third kappa shape index (κ3) is 4.02. The highest BCUT2D eigenvalue weighted by molar-refractivity contribution is 14.0. The lowest BCUT2D eigenvalue weighted by Crippen LogP contribution is -2.24. The van der Waals surface area contributed by atoms with Crippen LogP contribution in [0, 0.1) is 0 Å². The number of halogens is 1. The van der Waals surface area contributed by atoms with Crippen LogP contribution in [-0.2, 0) is 5.16 Å². The summed E-state index contributed by atoms with van der Waals surface area (Å²) in [5, 5.41) is -0.0655. The van der Waals surface area contributed by atoms with Crippen molar-refractivity contribution in [2.45, 2.75) is 18.0 Å². The molecule has 0 saturated carbocycles. The van der Waals surface area contributed by atoms with Gasteiger partial charge in [-0.15, -0.1) is 33.2 Å². The molecule has 0 bridgehead atoms. The summed E-state index contributed by atoms with van der Waals surface area (Å²) >= 11 is 0. The smallest absolute Gasteiger partial charge is 0.0218 e. The van der Waals surface area contributed by atoms with E-state index in [9.17, 15) is 0 Å². The van der Waals surface area contributed by atoms with E-state index >= 15 is 0 Å². The Kier molecular flexibility index (Phi) is 6.38. The Morgan fingerprint density at radius 2 is 1.00 bits per heavy atom. The molecular weight excluding hydrogens is 410 g/mol. The highest BCUT2D eigenvalue weighted by Crippen LogP contribution is 2.47. The summed E-state index contributed by atoms with van der Waals surface area (Å²) in [5.74, 6) is 0.294. The van der Waals surface area contributed by atoms with Crippen molar-refractivity contribution in [3.05, 3.63) is 108 Å². The molecule has 118 valence electrons. The third-order valence-electron chi connectivity index (χ3n) is 4.26. The molecule has 0 amide bonds. The Hall–Kier alpha value is -1.18. The monoisotopic (exact) mass is 432 g/mol. The maximum absolute atomic E-state index is 3.09. The van der Waals surface area contributed by atoms with E-state index in [4.69, 9.17) is 0 Å². The molecule has 3 rings (SSSR count). The van der Waals surface area contributed by atoms with Gasteiger partial charge in [-0.1, -0.05) is 97.9 Å². The van der Waals surface area contributed by atoms with E-state index in [1.807, 2.05) is 0 Å². The highest BCUT2D eigenvalue weighted by atomic mass is 127. The van der Waals surface area contributed by atoms with Crippen LogP contribution in [0.25, 0.3) is 0 Å². The largest absolute Gasteiger partial charge is 0.126 e. The molecule has 0 aliphatic rings. The molecule has 2 atom stereocenters. The molecule has 0 radical (unpaired) electrons. The van der Waals surface area contributed by atoms with Gasteiger partial charge in [0, 0.05) is 11.1 Å². The zero-order chi connectivity index (χ0) is 15.4. The van der Waals surface area contributed by atoms with Crippen LogP contribution in [0.4, 0.5) is 0 Å². The third-order valence-corrected chi connectivity index (χ3v) is 4.93. The molecule has 0 aromatic heterocycles. The van der Waals surface area contributed by atoms with E-state index in [-0.39, 0.29) is 29.1 Å². The quantitative estimate of drug-likeness (QED) is 0.339. The van der Waals surface area contributed by atoms with Crippen LogP contribution in [-0.4, -0.2) is 0 Å². The van der Waals surface area contributed by atoms with Crippen molar-refractivity contribution in [1.29, 1.82) is 0 Å². The SMILES string of the molecule is CC(P)(c1ccccc1)C(c1ccccc1)c1ccccc1.I. The summed E-state index contributed by atoms with van der Waals surface area (Å²) < 4.78 is 0. The highest BCUT2D eigenvalue weighted by Gasteiger charge is 2.33. The van der Waals surface area contributed by atoms with Gasteiger partial charge in [-0.05, 0) is 16.7 Å². The van der Waals surface area contributed by atoms with Crippen molar-refractivity contribution in [2.75, 3.05) is 0 Å². The summed E-state index contributed by atoms with van der Waals surface area (Å²) in [4.78, 5) is 0. The first-order valence-electron chi connectivity index (χ1n) is 7.64. The second-order valence-electron chi connectivity index (χ2n) is 5.90. The summed E-state index contributed by atoms with van der Waals surface area (Å²) in [7, 11) is 3.09. The fourth-order valence-electron chi connectivity index (χ4n) is 3.14. The van der Waals surface area contributed by atoms with Crippen molar-refractivity contribution in [1.82, 2.24) is 0 Å². The Bertz CT molecular complexity index is 669. The minimum Gasteiger partial charge on any atom is -0.126 e. The lowest BCUT2D eigenvalue weighted by Gasteiger charge is -2.35. The van der Waals surface area contributed by atoms with Gasteiger partial charge in [0.05, 0.1) is 0 Å². The first-order valence-corrected chi connectivity index (χ1v) is 8.21. The van der Waals surface area contributed by atoms with Crippen molar-refractivity contribution >= 4 is 33.2 Å². The average molecular weight is 432 g/mol. The molecule has 0 nitrogen and oxygen atoms in total. The lowest BCUT2D eigenvalue weighted by molar-refractivity contribution is 0.597. The molecule has 23 heavy (non-hydrogen) atoms. The van der Waals surface area contributed by atoms with E-state index in [1.54, 1.807) is 0 Å². The maximum Gasteiger partial charge on any atom is 0.0218 e. The Morgan fingerprint density at radius 1 is 0.652 bits per heavy atom. The van der Waals surface area contributed by atoms with Crippen LogP contribution >= 0.6 is 33.2 Å². The van der Waals surface area contributed by atoms with Gasteiger partial charge < -0.3 is 0 Å². The van der Waals surface area contributed by atoms with Crippen molar-refractivity contribution in [2.24, 2.45) is 0 Å². The predicted octanol–water partition coefficient (Wildman–Crippen LogP) is 6.23. The first kappa shape index (κ1) is 18.2. The second kappa shape index (κ2) is 8.08. The van der Waals surface area contributed by atoms with Gasteiger partial charge in [0.25, 0.3) is 0 Å². The number of benzene rings is 3. The predicted molar refractivity (Wildman–Crippen MR) is 114 cm³/mol. The zero-order valence-corrected chi connectivity index (χ0v) is 16.7. The lowest BCUT2D eigenvalue weighted by atomic mass is 9.77. The average Bonchev–Trinajstić information content (AvgIpc) is 2.58. The Morgan fingerprint density at radius 3 is 1.39 bits per heavy atom. The fourth-order valence-corrected chi connectivity index (χ4v) is 3.72. The van der Waals surface area contributed by atoms with E-state index in [0.29, 0.717) is 5.92 Å². The Balaban J connectivity index is 0.00000192. The van der Waals surface area contributed by atoms with Gasteiger partial charge in [-0.25, -0.2) is 0 Å². The molecule has 0 saturated heterocycles. The van der Waals surface area contributed by atoms with E-state index in [2.05, 4.69) is 107 Å². The van der Waals surface area contributed by atoms with Gasteiger partial charge in [0.15, 0.2) is 0 Å². The van der Waals surface area contributed by atoms with Crippen LogP contribution < -0.4 is 0 Å². The molecule has 2 unspecified atom stereocenters. The second-order valence-corrected chi connectivity index (χ2v) is 7.10. The number of hydrogen-bond acceptors (Lipinski definition) is 0. The van der Waals surface area contributed by atoms with Gasteiger partial charge >= 0.3 is 0 Å². The van der Waals surface area contributed by atoms with Gasteiger partial charge in [0.1, 0.15) is 0 Å². The molecule has 0 aliphatic carbocycles. The standard InChI is InChI=1S/C21H21P.HI/c1-21(22,19-15-9-4-10-16-19)20(17-11-5-2-6-12-17)18-13-7-3-8-14-18;/h2-16,20H,22H2,1H3;1H. The van der Waals surface area contributed by atoms with Crippen molar-refractivity contribution in [3.8, 4) is 0 Å². The number of rotatable bonds is 4. The molecule has 0 N–H and O–H groups in total.